The Morgan fingerprint density at radius 1 is 1.62 bits per heavy atom. The molecule has 1 saturated heterocycles. The Hall–Kier alpha value is -1.63. The molecule has 3 amide bonds. The van der Waals surface area contributed by atoms with E-state index < -0.39 is 6.04 Å². The largest absolute Gasteiger partial charge is 0.353 e. The Bertz CT molecular complexity index is 515. The molecular weight excluding hydrogens is 288 g/mol. The molecule has 0 aromatic carbocycles. The van der Waals surface area contributed by atoms with Crippen LogP contribution in [0.2, 0.25) is 0 Å². The highest BCUT2D eigenvalue weighted by atomic mass is 32.1. The zero-order chi connectivity index (χ0) is 15.4. The van der Waals surface area contributed by atoms with Gasteiger partial charge in [-0.3, -0.25) is 4.79 Å². The number of urea groups is 1. The fourth-order valence-corrected chi connectivity index (χ4v) is 3.22. The zero-order valence-electron chi connectivity index (χ0n) is 12.7. The second-order valence-electron chi connectivity index (χ2n) is 5.41. The van der Waals surface area contributed by atoms with Crippen LogP contribution in [0.25, 0.3) is 0 Å². The quantitative estimate of drug-likeness (QED) is 0.882. The summed E-state index contributed by atoms with van der Waals surface area (Å²) in [7, 11) is 0. The maximum absolute atomic E-state index is 12.3. The Balaban J connectivity index is 1.96. The third-order valence-corrected chi connectivity index (χ3v) is 4.63. The molecule has 1 aliphatic rings. The highest BCUT2D eigenvalue weighted by Gasteiger charge is 2.35. The third-order valence-electron chi connectivity index (χ3n) is 3.49. The van der Waals surface area contributed by atoms with Gasteiger partial charge in [-0.2, -0.15) is 0 Å². The first-order chi connectivity index (χ1) is 10.0. The van der Waals surface area contributed by atoms with Gasteiger partial charge in [0.25, 0.3) is 0 Å². The summed E-state index contributed by atoms with van der Waals surface area (Å²) in [5.41, 5.74) is 0. The number of aryl methyl sites for hydroxylation is 1. The molecule has 1 aromatic heterocycles. The lowest BCUT2D eigenvalue weighted by molar-refractivity contribution is -0.129. The van der Waals surface area contributed by atoms with Crippen molar-refractivity contribution in [3.63, 3.8) is 0 Å². The first-order valence-electron chi connectivity index (χ1n) is 7.28. The van der Waals surface area contributed by atoms with Gasteiger partial charge in [0.1, 0.15) is 11.0 Å². The van der Waals surface area contributed by atoms with Crippen LogP contribution in [0.3, 0.4) is 0 Å². The number of carbonyl (C=O) groups is 2. The standard InChI is InChI=1S/C14H22N4O2S/c1-4-10-7-16-11(21-10)8-17-14(20)18-6-5-15-13(19)12(18)9(2)3/h7,9,12H,4-6,8H2,1-3H3,(H,15,19)(H,17,20)/t12-/m1/s1. The summed E-state index contributed by atoms with van der Waals surface area (Å²) in [5, 5.41) is 6.57. The van der Waals surface area contributed by atoms with Gasteiger partial charge in [-0.1, -0.05) is 20.8 Å². The number of nitrogens with zero attached hydrogens (tertiary/aromatic N) is 2. The first kappa shape index (κ1) is 15.8. The second kappa shape index (κ2) is 6.89. The maximum atomic E-state index is 12.3. The maximum Gasteiger partial charge on any atom is 0.318 e. The summed E-state index contributed by atoms with van der Waals surface area (Å²) in [4.78, 5) is 31.4. The summed E-state index contributed by atoms with van der Waals surface area (Å²) >= 11 is 1.61. The van der Waals surface area contributed by atoms with Crippen LogP contribution in [0, 0.1) is 5.92 Å². The Labute approximate surface area is 128 Å². The summed E-state index contributed by atoms with van der Waals surface area (Å²) < 4.78 is 0. The fourth-order valence-electron chi connectivity index (χ4n) is 2.42. The molecule has 0 saturated carbocycles. The van der Waals surface area contributed by atoms with E-state index in [1.165, 1.54) is 4.88 Å². The molecule has 2 heterocycles. The minimum Gasteiger partial charge on any atom is -0.353 e. The molecule has 7 heteroatoms. The average Bonchev–Trinajstić information content (AvgIpc) is 2.92. The van der Waals surface area contributed by atoms with Crippen LogP contribution in [0.4, 0.5) is 4.79 Å². The lowest BCUT2D eigenvalue weighted by Crippen LogP contribution is -2.61. The predicted octanol–water partition coefficient (Wildman–Crippen LogP) is 1.37. The highest BCUT2D eigenvalue weighted by molar-refractivity contribution is 7.11. The number of nitrogens with one attached hydrogen (secondary N) is 2. The van der Waals surface area contributed by atoms with Crippen LogP contribution in [-0.4, -0.2) is 41.0 Å². The number of aromatic nitrogens is 1. The van der Waals surface area contributed by atoms with Crippen molar-refractivity contribution in [2.75, 3.05) is 13.1 Å². The Morgan fingerprint density at radius 2 is 2.38 bits per heavy atom. The van der Waals surface area contributed by atoms with Crippen LogP contribution in [0.5, 0.6) is 0 Å². The highest BCUT2D eigenvalue weighted by Crippen LogP contribution is 2.16. The van der Waals surface area contributed by atoms with Crippen molar-refractivity contribution in [1.82, 2.24) is 20.5 Å². The molecule has 1 atom stereocenters. The molecule has 0 spiro atoms. The van der Waals surface area contributed by atoms with Crippen molar-refractivity contribution >= 4 is 23.3 Å². The molecule has 0 bridgehead atoms. The Kier molecular flexibility index (Phi) is 5.17. The SMILES string of the molecule is CCc1cnc(CNC(=O)N2CCNC(=O)[C@H]2C(C)C)s1. The van der Waals surface area contributed by atoms with Gasteiger partial charge in [-0.15, -0.1) is 11.3 Å². The van der Waals surface area contributed by atoms with Crippen LogP contribution >= 0.6 is 11.3 Å². The number of rotatable bonds is 4. The molecule has 21 heavy (non-hydrogen) atoms. The number of hydrogen-bond donors (Lipinski definition) is 2. The van der Waals surface area contributed by atoms with Crippen molar-refractivity contribution in [2.24, 2.45) is 5.92 Å². The van der Waals surface area contributed by atoms with Crippen molar-refractivity contribution in [3.8, 4) is 0 Å². The van der Waals surface area contributed by atoms with Crippen molar-refractivity contribution in [3.05, 3.63) is 16.1 Å². The zero-order valence-corrected chi connectivity index (χ0v) is 13.5. The second-order valence-corrected chi connectivity index (χ2v) is 6.61. The van der Waals surface area contributed by atoms with E-state index in [-0.39, 0.29) is 17.9 Å². The summed E-state index contributed by atoms with van der Waals surface area (Å²) in [5.74, 6) is 0.0107. The van der Waals surface area contributed by atoms with Crippen molar-refractivity contribution in [1.29, 1.82) is 0 Å². The first-order valence-corrected chi connectivity index (χ1v) is 8.10. The van der Waals surface area contributed by atoms with Gasteiger partial charge in [-0.05, 0) is 12.3 Å². The molecule has 2 N–H and O–H groups in total. The summed E-state index contributed by atoms with van der Waals surface area (Å²) in [6.07, 6.45) is 2.80. The van der Waals surface area contributed by atoms with E-state index in [0.717, 1.165) is 11.4 Å². The van der Waals surface area contributed by atoms with E-state index in [1.54, 1.807) is 16.2 Å². The van der Waals surface area contributed by atoms with Gasteiger partial charge in [0.2, 0.25) is 5.91 Å². The smallest absolute Gasteiger partial charge is 0.318 e. The molecule has 0 radical (unpaired) electrons. The lowest BCUT2D eigenvalue weighted by atomic mass is 10.00. The van der Waals surface area contributed by atoms with Gasteiger partial charge < -0.3 is 15.5 Å². The number of amides is 3. The van der Waals surface area contributed by atoms with Gasteiger partial charge >= 0.3 is 6.03 Å². The van der Waals surface area contributed by atoms with Gasteiger partial charge in [0.05, 0.1) is 6.54 Å². The lowest BCUT2D eigenvalue weighted by Gasteiger charge is -2.37. The van der Waals surface area contributed by atoms with Gasteiger partial charge in [0.15, 0.2) is 0 Å². The fraction of sp³-hybridized carbons (Fsp3) is 0.643. The molecular formula is C14H22N4O2S. The average molecular weight is 310 g/mol. The Morgan fingerprint density at radius 3 is 3.00 bits per heavy atom. The minimum absolute atomic E-state index is 0.0751. The predicted molar refractivity (Wildman–Crippen MR) is 82.1 cm³/mol. The topological polar surface area (TPSA) is 74.3 Å². The van der Waals surface area contributed by atoms with Gasteiger partial charge in [0, 0.05) is 24.2 Å². The molecule has 1 fully saturated rings. The van der Waals surface area contributed by atoms with Crippen molar-refractivity contribution < 1.29 is 9.59 Å². The van der Waals surface area contributed by atoms with Crippen LogP contribution in [0.15, 0.2) is 6.20 Å². The minimum atomic E-state index is -0.402. The van der Waals surface area contributed by atoms with E-state index >= 15 is 0 Å². The summed E-state index contributed by atoms with van der Waals surface area (Å²) in [6, 6.07) is -0.599. The molecule has 1 aromatic rings. The van der Waals surface area contributed by atoms with Gasteiger partial charge in [-0.25, -0.2) is 9.78 Å². The monoisotopic (exact) mass is 310 g/mol. The van der Waals surface area contributed by atoms with E-state index in [0.29, 0.717) is 19.6 Å². The third kappa shape index (κ3) is 3.72. The summed E-state index contributed by atoms with van der Waals surface area (Å²) in [6.45, 7) is 7.43. The van der Waals surface area contributed by atoms with E-state index in [4.69, 9.17) is 0 Å². The molecule has 116 valence electrons. The molecule has 6 nitrogen and oxygen atoms in total. The number of thiazole rings is 1. The van der Waals surface area contributed by atoms with E-state index in [9.17, 15) is 9.59 Å². The number of hydrogen-bond acceptors (Lipinski definition) is 4. The number of carbonyl (C=O) groups excluding carboxylic acids is 2. The normalized spacial score (nSPS) is 18.8. The molecule has 0 unspecified atom stereocenters. The molecule has 2 rings (SSSR count). The molecule has 0 aliphatic carbocycles. The number of piperazine rings is 1. The van der Waals surface area contributed by atoms with Crippen molar-refractivity contribution in [2.45, 2.75) is 39.8 Å². The van der Waals surface area contributed by atoms with Crippen LogP contribution in [0.1, 0.15) is 30.7 Å². The molecule has 1 aliphatic heterocycles. The van der Waals surface area contributed by atoms with Crippen LogP contribution < -0.4 is 10.6 Å². The van der Waals surface area contributed by atoms with E-state index in [2.05, 4.69) is 22.5 Å². The van der Waals surface area contributed by atoms with E-state index in [1.807, 2.05) is 20.0 Å². The van der Waals surface area contributed by atoms with Crippen LogP contribution in [-0.2, 0) is 17.8 Å².